The van der Waals surface area contributed by atoms with Gasteiger partial charge < -0.3 is 5.32 Å². The molecule has 2 N–H and O–H groups in total. The van der Waals surface area contributed by atoms with E-state index in [1.807, 2.05) is 55.9 Å². The van der Waals surface area contributed by atoms with E-state index in [9.17, 15) is 13.6 Å². The number of halogens is 3. The Kier molecular flexibility index (Phi) is 7.76. The molecule has 216 valence electrons. The smallest absolute Gasteiger partial charge is 0.320 e. The third-order valence-electron chi connectivity index (χ3n) is 7.33. The zero-order chi connectivity index (χ0) is 29.4. The lowest BCUT2D eigenvalue weighted by molar-refractivity contribution is 0.246. The Bertz CT molecular complexity index is 1740. The van der Waals surface area contributed by atoms with E-state index in [4.69, 9.17) is 16.7 Å². The van der Waals surface area contributed by atoms with E-state index in [1.54, 1.807) is 21.6 Å². The summed E-state index contributed by atoms with van der Waals surface area (Å²) in [4.78, 5) is 20.0. The summed E-state index contributed by atoms with van der Waals surface area (Å²) in [5, 5.41) is 17.0. The number of carbonyl (C=O) groups excluding carboxylic acids is 1. The molecule has 0 aliphatic carbocycles. The Morgan fingerprint density at radius 1 is 1.14 bits per heavy atom. The fourth-order valence-corrected chi connectivity index (χ4v) is 6.13. The van der Waals surface area contributed by atoms with E-state index in [2.05, 4.69) is 25.6 Å². The lowest BCUT2D eigenvalue weighted by atomic mass is 9.94. The van der Waals surface area contributed by atoms with Gasteiger partial charge in [0.2, 0.25) is 0 Å². The molecule has 6 rings (SSSR count). The Labute approximate surface area is 249 Å². The standard InChI is InChI=1S/C29H27ClF2N8OS/c1-17-26(19-11-33-38(2)12-19)37-40(21-6-4-3-5-7-21)27(17)36-29(41)35-25-15-39(13-20-16-42-28(30)34-20)14-22(25)18-8-9-23(31)24(32)10-18/h3-12,16,22,25H,13-15H2,1-2H3,(H2,35,36,41)/t22-,25+/m0/s1. The van der Waals surface area contributed by atoms with Gasteiger partial charge in [0, 0.05) is 55.3 Å². The largest absolute Gasteiger partial charge is 0.333 e. The van der Waals surface area contributed by atoms with Crippen molar-refractivity contribution in [3.05, 3.63) is 99.2 Å². The molecule has 0 radical (unpaired) electrons. The van der Waals surface area contributed by atoms with Crippen LogP contribution in [0.25, 0.3) is 16.9 Å². The molecule has 1 fully saturated rings. The second-order valence-electron chi connectivity index (χ2n) is 10.2. The Balaban J connectivity index is 1.28. The van der Waals surface area contributed by atoms with Crippen LogP contribution >= 0.6 is 22.9 Å². The number of benzene rings is 2. The first-order valence-corrected chi connectivity index (χ1v) is 14.5. The van der Waals surface area contributed by atoms with Gasteiger partial charge in [-0.2, -0.15) is 10.2 Å². The van der Waals surface area contributed by atoms with Gasteiger partial charge in [0.25, 0.3) is 0 Å². The van der Waals surface area contributed by atoms with Crippen LogP contribution in [0.1, 0.15) is 22.7 Å². The third kappa shape index (κ3) is 5.78. The van der Waals surface area contributed by atoms with Gasteiger partial charge in [0.05, 0.1) is 23.6 Å². The van der Waals surface area contributed by atoms with Crippen molar-refractivity contribution in [3.63, 3.8) is 0 Å². The van der Waals surface area contributed by atoms with Crippen LogP contribution in [-0.4, -0.2) is 54.6 Å². The molecule has 0 bridgehead atoms. The first-order valence-electron chi connectivity index (χ1n) is 13.2. The minimum Gasteiger partial charge on any atom is -0.333 e. The number of para-hydroxylation sites is 1. The zero-order valence-electron chi connectivity index (χ0n) is 22.8. The topological polar surface area (TPSA) is 92.9 Å². The highest BCUT2D eigenvalue weighted by Crippen LogP contribution is 2.32. The lowest BCUT2D eigenvalue weighted by Gasteiger charge is -2.21. The summed E-state index contributed by atoms with van der Waals surface area (Å²) >= 11 is 7.37. The van der Waals surface area contributed by atoms with Gasteiger partial charge in [-0.3, -0.25) is 14.9 Å². The monoisotopic (exact) mass is 608 g/mol. The maximum Gasteiger partial charge on any atom is 0.320 e. The maximum absolute atomic E-state index is 14.2. The summed E-state index contributed by atoms with van der Waals surface area (Å²) in [6, 6.07) is 12.6. The van der Waals surface area contributed by atoms with Gasteiger partial charge in [-0.1, -0.05) is 35.9 Å². The number of nitrogens with one attached hydrogen (secondary N) is 2. The van der Waals surface area contributed by atoms with Gasteiger partial charge in [-0.15, -0.1) is 11.3 Å². The Hall–Kier alpha value is -4.13. The van der Waals surface area contributed by atoms with Crippen LogP contribution in [0, 0.1) is 18.6 Å². The number of hydrogen-bond acceptors (Lipinski definition) is 6. The first-order chi connectivity index (χ1) is 20.2. The summed E-state index contributed by atoms with van der Waals surface area (Å²) in [6.07, 6.45) is 3.59. The molecular formula is C29H27ClF2N8OS. The molecular weight excluding hydrogens is 582 g/mol. The van der Waals surface area contributed by atoms with Crippen molar-refractivity contribution in [3.8, 4) is 16.9 Å². The van der Waals surface area contributed by atoms with Crippen molar-refractivity contribution in [1.82, 2.24) is 34.8 Å². The molecule has 2 amide bonds. The fourth-order valence-electron chi connectivity index (χ4n) is 5.35. The van der Waals surface area contributed by atoms with E-state index < -0.39 is 23.7 Å². The number of aryl methyl sites for hydroxylation is 1. The molecule has 0 saturated carbocycles. The number of anilines is 1. The average Bonchev–Trinajstić information content (AvgIpc) is 3.75. The second-order valence-corrected chi connectivity index (χ2v) is 11.7. The van der Waals surface area contributed by atoms with Crippen molar-refractivity contribution in [2.75, 3.05) is 18.4 Å². The van der Waals surface area contributed by atoms with Crippen molar-refractivity contribution < 1.29 is 13.6 Å². The van der Waals surface area contributed by atoms with Crippen LogP contribution in [-0.2, 0) is 13.6 Å². The SMILES string of the molecule is Cc1c(-c2cnn(C)c2)nn(-c2ccccc2)c1NC(=O)N[C@@H]1CN(Cc2csc(Cl)n2)C[C@H]1c1ccc(F)c(F)c1. The number of thiazole rings is 1. The van der Waals surface area contributed by atoms with E-state index in [0.29, 0.717) is 41.2 Å². The van der Waals surface area contributed by atoms with E-state index in [1.165, 1.54) is 17.4 Å². The maximum atomic E-state index is 14.2. The van der Waals surface area contributed by atoms with Crippen molar-refractivity contribution in [2.24, 2.45) is 7.05 Å². The normalized spacial score (nSPS) is 17.1. The summed E-state index contributed by atoms with van der Waals surface area (Å²) < 4.78 is 31.8. The number of likely N-dealkylation sites (tertiary alicyclic amines) is 1. The highest BCUT2D eigenvalue weighted by molar-refractivity contribution is 7.13. The molecule has 0 unspecified atom stereocenters. The van der Waals surface area contributed by atoms with Crippen LogP contribution in [0.5, 0.6) is 0 Å². The fraction of sp³-hybridized carbons (Fsp3) is 0.241. The number of aromatic nitrogens is 5. The average molecular weight is 609 g/mol. The molecule has 2 aromatic carbocycles. The highest BCUT2D eigenvalue weighted by atomic mass is 35.5. The summed E-state index contributed by atoms with van der Waals surface area (Å²) in [6.45, 7) is 3.39. The highest BCUT2D eigenvalue weighted by Gasteiger charge is 2.36. The summed E-state index contributed by atoms with van der Waals surface area (Å²) in [5.41, 5.74) is 4.47. The molecule has 3 aromatic heterocycles. The van der Waals surface area contributed by atoms with Crippen molar-refractivity contribution in [1.29, 1.82) is 0 Å². The summed E-state index contributed by atoms with van der Waals surface area (Å²) in [7, 11) is 1.83. The van der Waals surface area contributed by atoms with Crippen LogP contribution in [0.2, 0.25) is 4.47 Å². The Morgan fingerprint density at radius 3 is 2.64 bits per heavy atom. The van der Waals surface area contributed by atoms with Crippen LogP contribution in [0.4, 0.5) is 19.4 Å². The van der Waals surface area contributed by atoms with Crippen LogP contribution in [0.15, 0.2) is 66.3 Å². The molecule has 2 atom stereocenters. The molecule has 9 nitrogen and oxygen atoms in total. The number of urea groups is 1. The van der Waals surface area contributed by atoms with Gasteiger partial charge >= 0.3 is 6.03 Å². The number of carbonyl (C=O) groups is 1. The molecule has 1 saturated heterocycles. The quantitative estimate of drug-likeness (QED) is 0.245. The molecule has 42 heavy (non-hydrogen) atoms. The van der Waals surface area contributed by atoms with Crippen LogP contribution < -0.4 is 10.6 Å². The van der Waals surface area contributed by atoms with Gasteiger partial charge in [-0.25, -0.2) is 23.2 Å². The lowest BCUT2D eigenvalue weighted by Crippen LogP contribution is -2.42. The van der Waals surface area contributed by atoms with Crippen molar-refractivity contribution >= 4 is 34.8 Å². The summed E-state index contributed by atoms with van der Waals surface area (Å²) in [5.74, 6) is -1.62. The van der Waals surface area contributed by atoms with E-state index in [0.717, 1.165) is 28.6 Å². The number of hydrogen-bond donors (Lipinski definition) is 2. The predicted molar refractivity (Wildman–Crippen MR) is 158 cm³/mol. The zero-order valence-corrected chi connectivity index (χ0v) is 24.3. The number of nitrogens with zero attached hydrogens (tertiary/aromatic N) is 6. The number of rotatable bonds is 7. The molecule has 13 heteroatoms. The molecule has 5 aromatic rings. The molecule has 4 heterocycles. The first kappa shape index (κ1) is 28.0. The predicted octanol–water partition coefficient (Wildman–Crippen LogP) is 5.76. The minimum atomic E-state index is -0.925. The number of amides is 2. The third-order valence-corrected chi connectivity index (χ3v) is 8.35. The molecule has 0 spiro atoms. The van der Waals surface area contributed by atoms with Crippen molar-refractivity contribution in [2.45, 2.75) is 25.4 Å². The Morgan fingerprint density at radius 2 is 1.95 bits per heavy atom. The van der Waals surface area contributed by atoms with E-state index >= 15 is 0 Å². The second kappa shape index (κ2) is 11.6. The van der Waals surface area contributed by atoms with Crippen LogP contribution in [0.3, 0.4) is 0 Å². The molecule has 1 aliphatic heterocycles. The minimum absolute atomic E-state index is 0.286. The molecule has 1 aliphatic rings. The van der Waals surface area contributed by atoms with Gasteiger partial charge in [0.1, 0.15) is 11.5 Å². The van der Waals surface area contributed by atoms with Gasteiger partial charge in [0.15, 0.2) is 16.1 Å². The van der Waals surface area contributed by atoms with Gasteiger partial charge in [-0.05, 0) is 36.8 Å². The van der Waals surface area contributed by atoms with E-state index in [-0.39, 0.29) is 5.92 Å².